The summed E-state index contributed by atoms with van der Waals surface area (Å²) < 4.78 is 25.8. The molecule has 1 aromatic rings. The first-order valence-corrected chi connectivity index (χ1v) is 5.58. The van der Waals surface area contributed by atoms with Crippen LogP contribution in [0.5, 0.6) is 0 Å². The first-order chi connectivity index (χ1) is 6.50. The highest BCUT2D eigenvalue weighted by Crippen LogP contribution is 2.27. The molecule has 0 saturated carbocycles. The van der Waals surface area contributed by atoms with Gasteiger partial charge in [0.15, 0.2) is 0 Å². The average Bonchev–Trinajstić information content (AvgIpc) is 2.08. The van der Waals surface area contributed by atoms with Crippen LogP contribution in [0.15, 0.2) is 27.1 Å². The second kappa shape index (κ2) is 5.19. The number of hydrogen-bond donors (Lipinski definition) is 1. The number of benzene rings is 1. The van der Waals surface area contributed by atoms with Crippen molar-refractivity contribution in [2.24, 2.45) is 5.73 Å². The lowest BCUT2D eigenvalue weighted by Gasteiger charge is -2.12. The van der Waals surface area contributed by atoms with Crippen LogP contribution in [-0.2, 0) is 0 Å². The molecule has 0 saturated heterocycles. The molecule has 1 nitrogen and oxygen atoms in total. The highest BCUT2D eigenvalue weighted by atomic mass is 79.9. The van der Waals surface area contributed by atoms with E-state index in [1.807, 2.05) is 0 Å². The number of alkyl halides is 2. The number of halogens is 4. The SMILES string of the molecule is N[C@@H](CC(F)F)c1ccc(Br)c(Br)c1. The summed E-state index contributed by atoms with van der Waals surface area (Å²) in [5.41, 5.74) is 6.31. The van der Waals surface area contributed by atoms with Crippen molar-refractivity contribution in [1.29, 1.82) is 0 Å². The van der Waals surface area contributed by atoms with Crippen LogP contribution in [0, 0.1) is 0 Å². The Balaban J connectivity index is 2.80. The van der Waals surface area contributed by atoms with Gasteiger partial charge in [-0.2, -0.15) is 0 Å². The molecule has 0 spiro atoms. The minimum absolute atomic E-state index is 0.311. The first kappa shape index (κ1) is 12.1. The van der Waals surface area contributed by atoms with Gasteiger partial charge in [-0.05, 0) is 49.6 Å². The molecule has 78 valence electrons. The van der Waals surface area contributed by atoms with Gasteiger partial charge < -0.3 is 5.73 Å². The molecule has 0 heterocycles. The van der Waals surface area contributed by atoms with Crippen molar-refractivity contribution in [2.75, 3.05) is 0 Å². The van der Waals surface area contributed by atoms with Crippen LogP contribution in [0.1, 0.15) is 18.0 Å². The third kappa shape index (κ3) is 3.29. The maximum atomic E-state index is 12.0. The lowest BCUT2D eigenvalue weighted by molar-refractivity contribution is 0.128. The molecule has 0 aliphatic rings. The summed E-state index contributed by atoms with van der Waals surface area (Å²) >= 11 is 6.58. The summed E-state index contributed by atoms with van der Waals surface area (Å²) in [6.07, 6.45) is -2.68. The number of rotatable bonds is 3. The summed E-state index contributed by atoms with van der Waals surface area (Å²) in [5.74, 6) is 0. The van der Waals surface area contributed by atoms with Crippen molar-refractivity contribution in [3.63, 3.8) is 0 Å². The van der Waals surface area contributed by atoms with Crippen LogP contribution >= 0.6 is 31.9 Å². The maximum absolute atomic E-state index is 12.0. The van der Waals surface area contributed by atoms with Crippen LogP contribution in [0.3, 0.4) is 0 Å². The highest BCUT2D eigenvalue weighted by molar-refractivity contribution is 9.13. The third-order valence-corrected chi connectivity index (χ3v) is 3.68. The largest absolute Gasteiger partial charge is 0.324 e. The van der Waals surface area contributed by atoms with Crippen LogP contribution < -0.4 is 5.73 Å². The minimum atomic E-state index is -2.37. The molecule has 0 unspecified atom stereocenters. The monoisotopic (exact) mass is 327 g/mol. The Morgan fingerprint density at radius 3 is 2.36 bits per heavy atom. The molecule has 1 aromatic carbocycles. The number of nitrogens with two attached hydrogens (primary N) is 1. The topological polar surface area (TPSA) is 26.0 Å². The van der Waals surface area contributed by atoms with E-state index < -0.39 is 12.5 Å². The zero-order chi connectivity index (χ0) is 10.7. The summed E-state index contributed by atoms with van der Waals surface area (Å²) in [6, 6.07) is 4.66. The van der Waals surface area contributed by atoms with E-state index in [-0.39, 0.29) is 6.42 Å². The van der Waals surface area contributed by atoms with E-state index in [2.05, 4.69) is 31.9 Å². The summed E-state index contributed by atoms with van der Waals surface area (Å²) in [5, 5.41) is 0. The van der Waals surface area contributed by atoms with Crippen molar-refractivity contribution >= 4 is 31.9 Å². The third-order valence-electron chi connectivity index (χ3n) is 1.80. The smallest absolute Gasteiger partial charge is 0.240 e. The van der Waals surface area contributed by atoms with Gasteiger partial charge in [-0.3, -0.25) is 0 Å². The molecule has 2 N–H and O–H groups in total. The second-order valence-electron chi connectivity index (χ2n) is 2.91. The van der Waals surface area contributed by atoms with Crippen molar-refractivity contribution in [1.82, 2.24) is 0 Å². The van der Waals surface area contributed by atoms with E-state index in [4.69, 9.17) is 5.73 Å². The van der Waals surface area contributed by atoms with Gasteiger partial charge in [0.1, 0.15) is 0 Å². The fourth-order valence-electron chi connectivity index (χ4n) is 1.07. The van der Waals surface area contributed by atoms with Crippen LogP contribution in [0.4, 0.5) is 8.78 Å². The lowest BCUT2D eigenvalue weighted by atomic mass is 10.1. The summed E-state index contributed by atoms with van der Waals surface area (Å²) in [7, 11) is 0. The first-order valence-electron chi connectivity index (χ1n) is 3.99. The molecule has 0 radical (unpaired) electrons. The van der Waals surface area contributed by atoms with E-state index in [9.17, 15) is 8.78 Å². The van der Waals surface area contributed by atoms with Crippen LogP contribution in [0.25, 0.3) is 0 Å². The lowest BCUT2D eigenvalue weighted by Crippen LogP contribution is -2.13. The fourth-order valence-corrected chi connectivity index (χ4v) is 1.71. The van der Waals surface area contributed by atoms with Gasteiger partial charge in [-0.1, -0.05) is 6.07 Å². The van der Waals surface area contributed by atoms with Gasteiger partial charge in [0, 0.05) is 21.4 Å². The zero-order valence-electron chi connectivity index (χ0n) is 7.18. The second-order valence-corrected chi connectivity index (χ2v) is 4.62. The van der Waals surface area contributed by atoms with Crippen molar-refractivity contribution < 1.29 is 8.78 Å². The van der Waals surface area contributed by atoms with E-state index in [0.717, 1.165) is 8.95 Å². The zero-order valence-corrected chi connectivity index (χ0v) is 10.4. The van der Waals surface area contributed by atoms with E-state index >= 15 is 0 Å². The molecule has 1 atom stereocenters. The molecule has 5 heteroatoms. The molecular formula is C9H9Br2F2N. The quantitative estimate of drug-likeness (QED) is 0.895. The van der Waals surface area contributed by atoms with Gasteiger partial charge in [0.25, 0.3) is 0 Å². The van der Waals surface area contributed by atoms with Gasteiger partial charge in [-0.15, -0.1) is 0 Å². The Labute approximate surface area is 97.9 Å². The van der Waals surface area contributed by atoms with Gasteiger partial charge in [0.2, 0.25) is 6.43 Å². The Morgan fingerprint density at radius 2 is 1.86 bits per heavy atom. The van der Waals surface area contributed by atoms with Crippen LogP contribution in [-0.4, -0.2) is 6.43 Å². The molecular weight excluding hydrogens is 320 g/mol. The van der Waals surface area contributed by atoms with Crippen LogP contribution in [0.2, 0.25) is 0 Å². The molecule has 0 aliphatic carbocycles. The van der Waals surface area contributed by atoms with Crippen molar-refractivity contribution in [3.8, 4) is 0 Å². The normalized spacial score (nSPS) is 13.3. The predicted octanol–water partition coefficient (Wildman–Crippen LogP) is 3.87. The maximum Gasteiger partial charge on any atom is 0.240 e. The van der Waals surface area contributed by atoms with Gasteiger partial charge >= 0.3 is 0 Å². The molecule has 0 bridgehead atoms. The van der Waals surface area contributed by atoms with Crippen molar-refractivity contribution in [3.05, 3.63) is 32.7 Å². The molecule has 0 aliphatic heterocycles. The summed E-state index contributed by atoms with van der Waals surface area (Å²) in [4.78, 5) is 0. The van der Waals surface area contributed by atoms with E-state index in [1.54, 1.807) is 18.2 Å². The molecule has 14 heavy (non-hydrogen) atoms. The molecule has 0 fully saturated rings. The van der Waals surface area contributed by atoms with Gasteiger partial charge in [-0.25, -0.2) is 8.78 Å². The predicted molar refractivity (Wildman–Crippen MR) is 59.4 cm³/mol. The Hall–Kier alpha value is -0.000000000000000111. The standard InChI is InChI=1S/C9H9Br2F2N/c10-6-2-1-5(3-7(6)11)8(14)4-9(12)13/h1-3,8-9H,4,14H2/t8-/m0/s1. The summed E-state index contributed by atoms with van der Waals surface area (Å²) in [6.45, 7) is 0. The Kier molecular flexibility index (Phi) is 4.47. The number of hydrogen-bond acceptors (Lipinski definition) is 1. The van der Waals surface area contributed by atoms with Gasteiger partial charge in [0.05, 0.1) is 0 Å². The molecule has 0 aromatic heterocycles. The highest BCUT2D eigenvalue weighted by Gasteiger charge is 2.13. The minimum Gasteiger partial charge on any atom is -0.324 e. The Morgan fingerprint density at radius 1 is 1.21 bits per heavy atom. The van der Waals surface area contributed by atoms with E-state index in [0.29, 0.717) is 5.56 Å². The average molecular weight is 329 g/mol. The molecule has 0 amide bonds. The fraction of sp³-hybridized carbons (Fsp3) is 0.333. The Bertz CT molecular complexity index is 318. The van der Waals surface area contributed by atoms with E-state index in [1.165, 1.54) is 0 Å². The molecule has 1 rings (SSSR count). The van der Waals surface area contributed by atoms with Crippen molar-refractivity contribution in [2.45, 2.75) is 18.9 Å².